The summed E-state index contributed by atoms with van der Waals surface area (Å²) in [5.74, 6) is 0.958. The van der Waals surface area contributed by atoms with Crippen molar-refractivity contribution in [2.75, 3.05) is 13.7 Å². The summed E-state index contributed by atoms with van der Waals surface area (Å²) in [5.41, 5.74) is 2.89. The standard InChI is InChI=1S/C25H24N2O5S/c1-5-31-24(16-6-8-17(9-7-16)25-27-26-15(3)33-25)23(29)21-11-10-20(32-21)18-12-19(28)14(2)22(13-18)30-4/h6-13,24,28H,5H2,1-4H3. The molecule has 1 atom stereocenters. The third-order valence-electron chi connectivity index (χ3n) is 5.24. The maximum atomic E-state index is 13.3. The SMILES string of the molecule is CCOC(C(=O)c1ccc(-c2cc(O)c(C)c(OC)c2)o1)c1ccc(-c2nnc(C)s2)cc1. The number of carbonyl (C=O) groups is 1. The molecule has 33 heavy (non-hydrogen) atoms. The summed E-state index contributed by atoms with van der Waals surface area (Å²) < 4.78 is 17.0. The number of nitrogens with zero attached hydrogens (tertiary/aromatic N) is 2. The fraction of sp³-hybridized carbons (Fsp3) is 0.240. The molecule has 0 saturated heterocycles. The molecule has 1 unspecified atom stereocenters. The third-order valence-corrected chi connectivity index (χ3v) is 6.13. The first-order valence-electron chi connectivity index (χ1n) is 10.4. The molecule has 0 bridgehead atoms. The van der Waals surface area contributed by atoms with Crippen molar-refractivity contribution in [2.24, 2.45) is 0 Å². The van der Waals surface area contributed by atoms with E-state index in [1.807, 2.05) is 38.1 Å². The van der Waals surface area contributed by atoms with Gasteiger partial charge in [-0.25, -0.2) is 0 Å². The van der Waals surface area contributed by atoms with E-state index in [9.17, 15) is 9.90 Å². The summed E-state index contributed by atoms with van der Waals surface area (Å²) in [6.45, 7) is 5.88. The minimum absolute atomic E-state index is 0.0894. The van der Waals surface area contributed by atoms with Crippen LogP contribution in [0.15, 0.2) is 52.9 Å². The molecule has 0 spiro atoms. The molecule has 0 amide bonds. The summed E-state index contributed by atoms with van der Waals surface area (Å²) in [5, 5.41) is 20.1. The molecule has 2 heterocycles. The second kappa shape index (κ2) is 9.56. The van der Waals surface area contributed by atoms with Crippen molar-refractivity contribution < 1.29 is 23.8 Å². The second-order valence-electron chi connectivity index (χ2n) is 7.43. The number of aromatic hydroxyl groups is 1. The third kappa shape index (κ3) is 4.67. The number of rotatable bonds is 8. The molecule has 170 valence electrons. The van der Waals surface area contributed by atoms with E-state index < -0.39 is 6.10 Å². The van der Waals surface area contributed by atoms with Gasteiger partial charge in [0, 0.05) is 23.3 Å². The van der Waals surface area contributed by atoms with Gasteiger partial charge >= 0.3 is 0 Å². The monoisotopic (exact) mass is 464 g/mol. The summed E-state index contributed by atoms with van der Waals surface area (Å²) >= 11 is 1.51. The minimum Gasteiger partial charge on any atom is -0.508 e. The average Bonchev–Trinajstić information content (AvgIpc) is 3.48. The zero-order chi connectivity index (χ0) is 23.5. The second-order valence-corrected chi connectivity index (χ2v) is 8.62. The van der Waals surface area contributed by atoms with Gasteiger partial charge in [-0.05, 0) is 50.6 Å². The van der Waals surface area contributed by atoms with Gasteiger partial charge in [-0.2, -0.15) is 0 Å². The molecule has 4 aromatic rings. The first kappa shape index (κ1) is 22.7. The van der Waals surface area contributed by atoms with Gasteiger partial charge in [-0.15, -0.1) is 10.2 Å². The normalized spacial score (nSPS) is 12.0. The van der Waals surface area contributed by atoms with Crippen LogP contribution in [0.5, 0.6) is 11.5 Å². The highest BCUT2D eigenvalue weighted by Gasteiger charge is 2.26. The van der Waals surface area contributed by atoms with Crippen LogP contribution in [0.25, 0.3) is 21.9 Å². The Kier molecular flexibility index (Phi) is 6.57. The van der Waals surface area contributed by atoms with Crippen molar-refractivity contribution in [3.63, 3.8) is 0 Å². The number of hydrogen-bond acceptors (Lipinski definition) is 8. The summed E-state index contributed by atoms with van der Waals surface area (Å²) in [6, 6.07) is 14.2. The zero-order valence-electron chi connectivity index (χ0n) is 18.8. The quantitative estimate of drug-likeness (QED) is 0.331. The molecular formula is C25H24N2O5S. The number of phenolic OH excluding ortho intramolecular Hbond substituents is 1. The Labute approximate surface area is 195 Å². The van der Waals surface area contributed by atoms with Gasteiger partial charge in [0.1, 0.15) is 33.4 Å². The van der Waals surface area contributed by atoms with Crippen molar-refractivity contribution in [1.29, 1.82) is 0 Å². The minimum atomic E-state index is -0.805. The lowest BCUT2D eigenvalue weighted by molar-refractivity contribution is 0.0429. The topological polar surface area (TPSA) is 94.7 Å². The zero-order valence-corrected chi connectivity index (χ0v) is 19.6. The highest BCUT2D eigenvalue weighted by atomic mass is 32.1. The molecule has 0 aliphatic carbocycles. The van der Waals surface area contributed by atoms with E-state index in [0.717, 1.165) is 21.1 Å². The van der Waals surface area contributed by atoms with Crippen molar-refractivity contribution in [1.82, 2.24) is 10.2 Å². The number of benzene rings is 2. The number of aromatic nitrogens is 2. The highest BCUT2D eigenvalue weighted by molar-refractivity contribution is 7.14. The maximum Gasteiger partial charge on any atom is 0.231 e. The molecule has 1 N–H and O–H groups in total. The summed E-state index contributed by atoms with van der Waals surface area (Å²) in [6.07, 6.45) is -0.805. The Balaban J connectivity index is 1.60. The van der Waals surface area contributed by atoms with Crippen LogP contribution < -0.4 is 4.74 Å². The fourth-order valence-electron chi connectivity index (χ4n) is 3.49. The van der Waals surface area contributed by atoms with Crippen molar-refractivity contribution >= 4 is 17.1 Å². The molecule has 2 aromatic carbocycles. The molecule has 8 heteroatoms. The van der Waals surface area contributed by atoms with Crippen molar-refractivity contribution in [3.8, 4) is 33.4 Å². The smallest absolute Gasteiger partial charge is 0.231 e. The number of aryl methyl sites for hydroxylation is 1. The number of ketones is 1. The average molecular weight is 465 g/mol. The van der Waals surface area contributed by atoms with Gasteiger partial charge in [-0.1, -0.05) is 35.6 Å². The van der Waals surface area contributed by atoms with Crippen LogP contribution in [0.1, 0.15) is 39.7 Å². The van der Waals surface area contributed by atoms with E-state index in [-0.39, 0.29) is 17.3 Å². The van der Waals surface area contributed by atoms with Crippen molar-refractivity contribution in [2.45, 2.75) is 26.9 Å². The number of carbonyl (C=O) groups excluding carboxylic acids is 1. The molecule has 0 radical (unpaired) electrons. The summed E-state index contributed by atoms with van der Waals surface area (Å²) in [7, 11) is 1.53. The lowest BCUT2D eigenvalue weighted by Crippen LogP contribution is -2.16. The van der Waals surface area contributed by atoms with Crippen LogP contribution in [0.2, 0.25) is 0 Å². The Morgan fingerprint density at radius 3 is 2.48 bits per heavy atom. The number of Topliss-reactive ketones (excluding diaryl/α,β-unsaturated/α-hetero) is 1. The van der Waals surface area contributed by atoms with Gasteiger partial charge < -0.3 is 19.0 Å². The van der Waals surface area contributed by atoms with Crippen LogP contribution in [0.3, 0.4) is 0 Å². The van der Waals surface area contributed by atoms with Crippen LogP contribution in [0.4, 0.5) is 0 Å². The van der Waals surface area contributed by atoms with Crippen LogP contribution in [-0.4, -0.2) is 34.8 Å². The molecule has 4 rings (SSSR count). The molecule has 0 aliphatic rings. The Morgan fingerprint density at radius 1 is 1.09 bits per heavy atom. The summed E-state index contributed by atoms with van der Waals surface area (Å²) in [4.78, 5) is 13.3. The van der Waals surface area contributed by atoms with Crippen LogP contribution in [0, 0.1) is 13.8 Å². The molecule has 2 aromatic heterocycles. The predicted molar refractivity (Wildman–Crippen MR) is 126 cm³/mol. The number of methoxy groups -OCH3 is 1. The fourth-order valence-corrected chi connectivity index (χ4v) is 4.18. The van der Waals surface area contributed by atoms with Gasteiger partial charge in [-0.3, -0.25) is 4.79 Å². The number of phenols is 1. The lowest BCUT2D eigenvalue weighted by Gasteiger charge is -2.15. The number of furan rings is 1. The number of ether oxygens (including phenoxy) is 2. The highest BCUT2D eigenvalue weighted by Crippen LogP contribution is 2.35. The van der Waals surface area contributed by atoms with E-state index in [2.05, 4.69) is 10.2 Å². The van der Waals surface area contributed by atoms with E-state index in [4.69, 9.17) is 13.9 Å². The van der Waals surface area contributed by atoms with E-state index >= 15 is 0 Å². The van der Waals surface area contributed by atoms with Gasteiger partial charge in [0.15, 0.2) is 5.76 Å². The van der Waals surface area contributed by atoms with Gasteiger partial charge in [0.2, 0.25) is 5.78 Å². The van der Waals surface area contributed by atoms with E-state index in [1.54, 1.807) is 31.2 Å². The van der Waals surface area contributed by atoms with Gasteiger partial charge in [0.25, 0.3) is 0 Å². The van der Waals surface area contributed by atoms with Crippen LogP contribution >= 0.6 is 11.3 Å². The first-order valence-corrected chi connectivity index (χ1v) is 11.3. The van der Waals surface area contributed by atoms with Gasteiger partial charge in [0.05, 0.1) is 7.11 Å². The molecule has 7 nitrogen and oxygen atoms in total. The maximum absolute atomic E-state index is 13.3. The van der Waals surface area contributed by atoms with E-state index in [0.29, 0.717) is 29.2 Å². The van der Waals surface area contributed by atoms with E-state index in [1.165, 1.54) is 18.4 Å². The molecule has 0 saturated carbocycles. The Bertz CT molecular complexity index is 1280. The lowest BCUT2D eigenvalue weighted by atomic mass is 10.0. The Morgan fingerprint density at radius 2 is 1.85 bits per heavy atom. The first-order chi connectivity index (χ1) is 15.9. The number of hydrogen-bond donors (Lipinski definition) is 1. The molecular weight excluding hydrogens is 440 g/mol. The van der Waals surface area contributed by atoms with Crippen molar-refractivity contribution in [3.05, 3.63) is 70.4 Å². The van der Waals surface area contributed by atoms with Crippen LogP contribution in [-0.2, 0) is 4.74 Å². The largest absolute Gasteiger partial charge is 0.508 e. The molecule has 0 fully saturated rings. The predicted octanol–water partition coefficient (Wildman–Crippen LogP) is 5.76. The Hall–Kier alpha value is -3.49. The molecule has 0 aliphatic heterocycles.